The highest BCUT2D eigenvalue weighted by atomic mass is 35.5. The van der Waals surface area contributed by atoms with Gasteiger partial charge in [0, 0.05) is 6.54 Å². The van der Waals surface area contributed by atoms with Crippen LogP contribution < -0.4 is 17.1 Å². The minimum atomic E-state index is -0.413. The second-order valence-corrected chi connectivity index (χ2v) is 6.52. The van der Waals surface area contributed by atoms with Crippen LogP contribution in [0.15, 0.2) is 18.2 Å². The molecule has 0 radical (unpaired) electrons. The average Bonchev–Trinajstić information content (AvgIpc) is 2.46. The molecule has 1 unspecified atom stereocenters. The van der Waals surface area contributed by atoms with Gasteiger partial charge < -0.3 is 27.2 Å². The van der Waals surface area contributed by atoms with Crippen molar-refractivity contribution in [3.63, 3.8) is 0 Å². The Morgan fingerprint density at radius 3 is 2.50 bits per heavy atom. The van der Waals surface area contributed by atoms with E-state index in [0.29, 0.717) is 12.5 Å². The molecule has 0 saturated carbocycles. The molecule has 1 aromatic carbocycles. The van der Waals surface area contributed by atoms with Crippen LogP contribution in [-0.4, -0.2) is 42.4 Å². The molecule has 0 aliphatic carbocycles. The van der Waals surface area contributed by atoms with Gasteiger partial charge in [-0.25, -0.2) is 0 Å². The molecule has 1 N–H and O–H groups in total. The molecule has 0 bridgehead atoms. The van der Waals surface area contributed by atoms with Crippen LogP contribution in [0.2, 0.25) is 0 Å². The van der Waals surface area contributed by atoms with Crippen LogP contribution in [0.5, 0.6) is 5.75 Å². The van der Waals surface area contributed by atoms with Crippen molar-refractivity contribution in [1.29, 1.82) is 0 Å². The van der Waals surface area contributed by atoms with E-state index in [4.69, 9.17) is 4.74 Å². The lowest BCUT2D eigenvalue weighted by molar-refractivity contribution is -0.00000695. The molecule has 1 fully saturated rings. The van der Waals surface area contributed by atoms with E-state index in [9.17, 15) is 5.11 Å². The molecule has 1 aliphatic rings. The van der Waals surface area contributed by atoms with Gasteiger partial charge in [0.05, 0.1) is 0 Å². The number of aryl methyl sites for hydroxylation is 1. The fraction of sp³-hybridized carbons (Fsp3) is 0.667. The van der Waals surface area contributed by atoms with Gasteiger partial charge >= 0.3 is 0 Å². The number of aliphatic hydroxyl groups excluding tert-OH is 1. The molecule has 1 atom stereocenters. The highest BCUT2D eigenvalue weighted by Crippen LogP contribution is 2.27. The summed E-state index contributed by atoms with van der Waals surface area (Å²) in [4.78, 5) is 2.34. The monoisotopic (exact) mass is 326 g/mol. The molecular weight excluding hydrogens is 298 g/mol. The van der Waals surface area contributed by atoms with E-state index in [-0.39, 0.29) is 12.4 Å². The maximum atomic E-state index is 10.2. The van der Waals surface area contributed by atoms with Crippen molar-refractivity contribution in [2.24, 2.45) is 0 Å². The van der Waals surface area contributed by atoms with E-state index < -0.39 is 6.10 Å². The van der Waals surface area contributed by atoms with E-state index >= 15 is 0 Å². The number of aliphatic hydroxyl groups is 1. The lowest BCUT2D eigenvalue weighted by Crippen LogP contribution is -3.00. The van der Waals surface area contributed by atoms with Gasteiger partial charge in [-0.05, 0) is 56.0 Å². The zero-order valence-corrected chi connectivity index (χ0v) is 14.8. The van der Waals surface area contributed by atoms with Gasteiger partial charge in [-0.15, -0.1) is 0 Å². The largest absolute Gasteiger partial charge is 1.00 e. The average molecular weight is 327 g/mol. The number of benzene rings is 1. The first-order chi connectivity index (χ1) is 10.1. The summed E-state index contributed by atoms with van der Waals surface area (Å²) in [7, 11) is 0. The number of halogens is 1. The lowest BCUT2D eigenvalue weighted by atomic mass is 10.0. The maximum Gasteiger partial charge on any atom is 0.123 e. The first kappa shape index (κ1) is 19.3. The third-order valence-electron chi connectivity index (χ3n) is 4.14. The Kier molecular flexibility index (Phi) is 8.23. The van der Waals surface area contributed by atoms with Crippen molar-refractivity contribution in [2.75, 3.05) is 26.2 Å². The van der Waals surface area contributed by atoms with Crippen molar-refractivity contribution < 1.29 is 22.3 Å². The van der Waals surface area contributed by atoms with Crippen molar-refractivity contribution in [1.82, 2.24) is 4.90 Å². The smallest absolute Gasteiger partial charge is 0.123 e. The van der Waals surface area contributed by atoms with E-state index in [1.54, 1.807) is 0 Å². The highest BCUT2D eigenvalue weighted by molar-refractivity contribution is 5.39. The van der Waals surface area contributed by atoms with Crippen LogP contribution >= 0.6 is 0 Å². The topological polar surface area (TPSA) is 32.7 Å². The molecule has 1 saturated heterocycles. The number of hydrogen-bond acceptors (Lipinski definition) is 3. The van der Waals surface area contributed by atoms with Gasteiger partial charge in [-0.2, -0.15) is 0 Å². The second-order valence-electron chi connectivity index (χ2n) is 6.52. The number of β-amino-alcohol motifs (C(OH)–C–C–N with tert-alkyl or cyclic N) is 1. The Morgan fingerprint density at radius 1 is 1.18 bits per heavy atom. The SMILES string of the molecule is Cc1ccc(C(C)C)c(OCC(O)CN2CCCCC2)c1.[Cl-]. The first-order valence-corrected chi connectivity index (χ1v) is 8.20. The number of nitrogens with zero attached hydrogens (tertiary/aromatic N) is 1. The maximum absolute atomic E-state index is 10.2. The minimum absolute atomic E-state index is 0. The molecule has 2 rings (SSSR count). The normalized spacial score (nSPS) is 17.1. The van der Waals surface area contributed by atoms with Crippen LogP contribution in [0.25, 0.3) is 0 Å². The molecule has 1 aromatic rings. The van der Waals surface area contributed by atoms with Gasteiger partial charge in [0.2, 0.25) is 0 Å². The van der Waals surface area contributed by atoms with Gasteiger partial charge in [-0.1, -0.05) is 32.4 Å². The standard InChI is InChI=1S/C18H29NO2.ClH/c1-14(2)17-8-7-15(3)11-18(17)21-13-16(20)12-19-9-5-4-6-10-19;/h7-8,11,14,16,20H,4-6,9-10,12-13H2,1-3H3;1H/p-1. The zero-order chi connectivity index (χ0) is 15.2. The summed E-state index contributed by atoms with van der Waals surface area (Å²) in [5.74, 6) is 1.35. The summed E-state index contributed by atoms with van der Waals surface area (Å²) in [6.07, 6.45) is 3.42. The van der Waals surface area contributed by atoms with Crippen molar-refractivity contribution in [3.8, 4) is 5.75 Å². The van der Waals surface area contributed by atoms with E-state index in [2.05, 4.69) is 43.9 Å². The van der Waals surface area contributed by atoms with E-state index in [1.807, 2.05) is 0 Å². The molecule has 0 aromatic heterocycles. The molecular formula is C18H29ClNO2-. The van der Waals surface area contributed by atoms with Gasteiger partial charge in [0.15, 0.2) is 0 Å². The quantitative estimate of drug-likeness (QED) is 0.819. The fourth-order valence-electron chi connectivity index (χ4n) is 2.92. The Balaban J connectivity index is 0.00000242. The summed E-state index contributed by atoms with van der Waals surface area (Å²) < 4.78 is 5.91. The molecule has 1 heterocycles. The number of hydrogen-bond donors (Lipinski definition) is 1. The lowest BCUT2D eigenvalue weighted by Gasteiger charge is -2.28. The van der Waals surface area contributed by atoms with Gasteiger partial charge in [0.1, 0.15) is 18.5 Å². The van der Waals surface area contributed by atoms with Crippen LogP contribution in [-0.2, 0) is 0 Å². The Bertz CT molecular complexity index is 445. The van der Waals surface area contributed by atoms with E-state index in [1.165, 1.54) is 30.4 Å². The molecule has 4 heteroatoms. The molecule has 3 nitrogen and oxygen atoms in total. The molecule has 1 aliphatic heterocycles. The number of likely N-dealkylation sites (tertiary alicyclic amines) is 1. The molecule has 22 heavy (non-hydrogen) atoms. The van der Waals surface area contributed by atoms with Crippen molar-refractivity contribution >= 4 is 0 Å². The van der Waals surface area contributed by atoms with Crippen LogP contribution in [0.4, 0.5) is 0 Å². The van der Waals surface area contributed by atoms with Crippen molar-refractivity contribution in [3.05, 3.63) is 29.3 Å². The zero-order valence-electron chi connectivity index (χ0n) is 14.0. The first-order valence-electron chi connectivity index (χ1n) is 8.20. The second kappa shape index (κ2) is 9.39. The third-order valence-corrected chi connectivity index (χ3v) is 4.14. The summed E-state index contributed by atoms with van der Waals surface area (Å²) >= 11 is 0. The predicted molar refractivity (Wildman–Crippen MR) is 87.1 cm³/mol. The fourth-order valence-corrected chi connectivity index (χ4v) is 2.92. The Labute approximate surface area is 141 Å². The molecule has 0 amide bonds. The summed E-state index contributed by atoms with van der Waals surface area (Å²) in [6, 6.07) is 6.32. The summed E-state index contributed by atoms with van der Waals surface area (Å²) in [5, 5.41) is 10.2. The van der Waals surface area contributed by atoms with Crippen molar-refractivity contribution in [2.45, 2.75) is 52.1 Å². The Morgan fingerprint density at radius 2 is 1.86 bits per heavy atom. The number of rotatable bonds is 6. The molecule has 126 valence electrons. The van der Waals surface area contributed by atoms with Crippen LogP contribution in [0, 0.1) is 6.92 Å². The highest BCUT2D eigenvalue weighted by Gasteiger charge is 2.16. The van der Waals surface area contributed by atoms with Crippen LogP contribution in [0.3, 0.4) is 0 Å². The Hall–Kier alpha value is -0.770. The molecule has 0 spiro atoms. The minimum Gasteiger partial charge on any atom is -1.00 e. The summed E-state index contributed by atoms with van der Waals surface area (Å²) in [6.45, 7) is 9.73. The van der Waals surface area contributed by atoms with Crippen LogP contribution in [0.1, 0.15) is 50.2 Å². The van der Waals surface area contributed by atoms with Gasteiger partial charge in [0.25, 0.3) is 0 Å². The summed E-state index contributed by atoms with van der Waals surface area (Å²) in [5.41, 5.74) is 2.41. The van der Waals surface area contributed by atoms with Gasteiger partial charge in [-0.3, -0.25) is 0 Å². The third kappa shape index (κ3) is 5.79. The number of piperidine rings is 1. The predicted octanol–water partition coefficient (Wildman–Crippen LogP) is 0.348. The number of ether oxygens (including phenoxy) is 1. The van der Waals surface area contributed by atoms with E-state index in [0.717, 1.165) is 25.4 Å².